The van der Waals surface area contributed by atoms with Crippen LogP contribution in [0.1, 0.15) is 48.9 Å². The summed E-state index contributed by atoms with van der Waals surface area (Å²) in [6.07, 6.45) is 6.07. The van der Waals surface area contributed by atoms with Crippen LogP contribution in [0, 0.1) is 0 Å². The molecule has 144 valence electrons. The predicted molar refractivity (Wildman–Crippen MR) is 113 cm³/mol. The van der Waals surface area contributed by atoms with E-state index >= 15 is 0 Å². The normalized spacial score (nSPS) is 10.7. The minimum Gasteiger partial charge on any atom is -0.397 e. The van der Waals surface area contributed by atoms with Gasteiger partial charge in [-0.05, 0) is 37.1 Å². The highest BCUT2D eigenvalue weighted by Gasteiger charge is 2.08. The van der Waals surface area contributed by atoms with Gasteiger partial charge < -0.3 is 11.1 Å². The molecular formula is C23H25N3O2. The summed E-state index contributed by atoms with van der Waals surface area (Å²) in [6, 6.07) is 16.9. The van der Waals surface area contributed by atoms with E-state index in [1.54, 1.807) is 18.3 Å². The van der Waals surface area contributed by atoms with Crippen LogP contribution in [-0.4, -0.2) is 16.7 Å². The van der Waals surface area contributed by atoms with Crippen molar-refractivity contribution < 1.29 is 9.59 Å². The Kier molecular flexibility index (Phi) is 6.73. The van der Waals surface area contributed by atoms with E-state index in [9.17, 15) is 9.59 Å². The number of nitrogen functional groups attached to an aromatic ring is 1. The molecule has 0 unspecified atom stereocenters. The number of fused-ring (bicyclic) bond motifs is 1. The smallest absolute Gasteiger partial charge is 0.224 e. The fraction of sp³-hybridized carbons (Fsp3) is 0.261. The molecule has 5 nitrogen and oxygen atoms in total. The van der Waals surface area contributed by atoms with Crippen LogP contribution in [0.5, 0.6) is 0 Å². The molecular weight excluding hydrogens is 350 g/mol. The van der Waals surface area contributed by atoms with E-state index in [0.29, 0.717) is 29.8 Å². The van der Waals surface area contributed by atoms with Gasteiger partial charge in [-0.3, -0.25) is 14.6 Å². The van der Waals surface area contributed by atoms with Crippen LogP contribution >= 0.6 is 0 Å². The van der Waals surface area contributed by atoms with Crippen molar-refractivity contribution in [2.24, 2.45) is 0 Å². The molecule has 28 heavy (non-hydrogen) atoms. The highest BCUT2D eigenvalue weighted by Crippen LogP contribution is 2.18. The van der Waals surface area contributed by atoms with Crippen molar-refractivity contribution >= 4 is 34.0 Å². The quantitative estimate of drug-likeness (QED) is 0.314. The van der Waals surface area contributed by atoms with Gasteiger partial charge in [0.1, 0.15) is 0 Å². The van der Waals surface area contributed by atoms with Gasteiger partial charge in [-0.1, -0.05) is 43.2 Å². The van der Waals surface area contributed by atoms with Gasteiger partial charge in [-0.2, -0.15) is 0 Å². The molecule has 0 spiro atoms. The number of carbonyl (C=O) groups is 2. The van der Waals surface area contributed by atoms with Gasteiger partial charge in [0.05, 0.1) is 16.9 Å². The number of amides is 1. The minimum atomic E-state index is -0.0313. The van der Waals surface area contributed by atoms with Gasteiger partial charge in [-0.25, -0.2) is 0 Å². The van der Waals surface area contributed by atoms with Gasteiger partial charge in [0.2, 0.25) is 5.91 Å². The maximum Gasteiger partial charge on any atom is 0.224 e. The topological polar surface area (TPSA) is 85.1 Å². The first kappa shape index (κ1) is 19.5. The van der Waals surface area contributed by atoms with Crippen LogP contribution in [-0.2, 0) is 4.79 Å². The number of hydrogen-bond acceptors (Lipinski definition) is 4. The zero-order chi connectivity index (χ0) is 19.8. The first-order valence-electron chi connectivity index (χ1n) is 9.66. The Morgan fingerprint density at radius 1 is 0.893 bits per heavy atom. The third-order valence-electron chi connectivity index (χ3n) is 4.71. The summed E-state index contributed by atoms with van der Waals surface area (Å²) in [4.78, 5) is 28.7. The SMILES string of the molecule is Nc1ccccc1NC(=O)CCCCCCC(=O)c1cnc2ccccc2c1. The Hall–Kier alpha value is -3.21. The fourth-order valence-electron chi connectivity index (χ4n) is 3.12. The number of carbonyl (C=O) groups excluding carboxylic acids is 2. The number of nitrogens with zero attached hydrogens (tertiary/aromatic N) is 1. The number of ketones is 1. The van der Waals surface area contributed by atoms with Gasteiger partial charge in [0, 0.05) is 30.0 Å². The van der Waals surface area contributed by atoms with Crippen molar-refractivity contribution in [3.63, 3.8) is 0 Å². The summed E-state index contributed by atoms with van der Waals surface area (Å²) in [5.41, 5.74) is 8.60. The number of Topliss-reactive ketones (excluding diaryl/α,β-unsaturated/α-hetero) is 1. The zero-order valence-electron chi connectivity index (χ0n) is 15.9. The van der Waals surface area contributed by atoms with Crippen molar-refractivity contribution in [3.8, 4) is 0 Å². The summed E-state index contributed by atoms with van der Waals surface area (Å²) in [5.74, 6) is 0.0896. The van der Waals surface area contributed by atoms with E-state index in [2.05, 4.69) is 10.3 Å². The molecule has 3 aromatic rings. The molecule has 0 saturated heterocycles. The number of benzene rings is 2. The average Bonchev–Trinajstić information content (AvgIpc) is 2.71. The molecule has 2 aromatic carbocycles. The molecule has 3 N–H and O–H groups in total. The van der Waals surface area contributed by atoms with E-state index in [4.69, 9.17) is 5.73 Å². The Morgan fingerprint density at radius 3 is 2.43 bits per heavy atom. The third-order valence-corrected chi connectivity index (χ3v) is 4.71. The van der Waals surface area contributed by atoms with Gasteiger partial charge in [0.25, 0.3) is 0 Å². The average molecular weight is 375 g/mol. The Labute approximate surface area is 165 Å². The highest BCUT2D eigenvalue weighted by molar-refractivity contribution is 5.98. The molecule has 0 aliphatic heterocycles. The van der Waals surface area contributed by atoms with Crippen LogP contribution in [0.2, 0.25) is 0 Å². The van der Waals surface area contributed by atoms with E-state index in [1.807, 2.05) is 42.5 Å². The number of aromatic nitrogens is 1. The molecule has 1 amide bonds. The largest absolute Gasteiger partial charge is 0.397 e. The second-order valence-electron chi connectivity index (χ2n) is 6.89. The molecule has 3 rings (SSSR count). The number of anilines is 2. The summed E-state index contributed by atoms with van der Waals surface area (Å²) >= 11 is 0. The Morgan fingerprint density at radius 2 is 1.61 bits per heavy atom. The maximum absolute atomic E-state index is 12.3. The second kappa shape index (κ2) is 9.65. The molecule has 5 heteroatoms. The van der Waals surface area contributed by atoms with Gasteiger partial charge in [0.15, 0.2) is 5.78 Å². The number of hydrogen-bond donors (Lipinski definition) is 2. The van der Waals surface area contributed by atoms with Gasteiger partial charge in [-0.15, -0.1) is 0 Å². The molecule has 0 saturated carbocycles. The van der Waals surface area contributed by atoms with E-state index in [-0.39, 0.29) is 11.7 Å². The monoisotopic (exact) mass is 375 g/mol. The lowest BCUT2D eigenvalue weighted by atomic mass is 10.0. The highest BCUT2D eigenvalue weighted by atomic mass is 16.1. The molecule has 0 bridgehead atoms. The number of unbranched alkanes of at least 4 members (excludes halogenated alkanes) is 3. The van der Waals surface area contributed by atoms with Crippen LogP contribution < -0.4 is 11.1 Å². The van der Waals surface area contributed by atoms with Gasteiger partial charge >= 0.3 is 0 Å². The molecule has 1 aromatic heterocycles. The van der Waals surface area contributed by atoms with Crippen LogP contribution in [0.15, 0.2) is 60.8 Å². The summed E-state index contributed by atoms with van der Waals surface area (Å²) in [5, 5.41) is 3.82. The third kappa shape index (κ3) is 5.39. The lowest BCUT2D eigenvalue weighted by Gasteiger charge is -2.07. The lowest BCUT2D eigenvalue weighted by Crippen LogP contribution is -2.12. The predicted octanol–water partition coefficient (Wildman–Crippen LogP) is 4.98. The van der Waals surface area contributed by atoms with Crippen LogP contribution in [0.3, 0.4) is 0 Å². The summed E-state index contributed by atoms with van der Waals surface area (Å²) < 4.78 is 0. The number of rotatable bonds is 9. The van der Waals surface area contributed by atoms with Crippen LogP contribution in [0.25, 0.3) is 10.9 Å². The van der Waals surface area contributed by atoms with E-state index in [1.165, 1.54) is 0 Å². The first-order chi connectivity index (χ1) is 13.6. The van der Waals surface area contributed by atoms with Crippen molar-refractivity contribution in [1.82, 2.24) is 4.98 Å². The minimum absolute atomic E-state index is 0.0313. The molecule has 0 radical (unpaired) electrons. The standard InChI is InChI=1S/C23H25N3O2/c24-19-10-6-8-12-21(19)26-23(28)14-4-2-1-3-13-22(27)18-15-17-9-5-7-11-20(17)25-16-18/h5-12,15-16H,1-4,13-14,24H2,(H,26,28). The Balaban J connectivity index is 1.34. The summed E-state index contributed by atoms with van der Waals surface area (Å²) in [7, 11) is 0. The van der Waals surface area contributed by atoms with E-state index < -0.39 is 0 Å². The maximum atomic E-state index is 12.3. The molecule has 0 atom stereocenters. The number of nitrogens with one attached hydrogen (secondary N) is 1. The van der Waals surface area contributed by atoms with Crippen molar-refractivity contribution in [1.29, 1.82) is 0 Å². The lowest BCUT2D eigenvalue weighted by molar-refractivity contribution is -0.116. The summed E-state index contributed by atoms with van der Waals surface area (Å²) in [6.45, 7) is 0. The first-order valence-corrected chi connectivity index (χ1v) is 9.66. The molecule has 1 heterocycles. The van der Waals surface area contributed by atoms with Crippen molar-refractivity contribution in [2.75, 3.05) is 11.1 Å². The van der Waals surface area contributed by atoms with E-state index in [0.717, 1.165) is 36.6 Å². The number of pyridine rings is 1. The number of nitrogens with two attached hydrogens (primary N) is 1. The second-order valence-corrected chi connectivity index (χ2v) is 6.89. The Bertz CT molecular complexity index is 969. The zero-order valence-corrected chi connectivity index (χ0v) is 15.9. The van der Waals surface area contributed by atoms with Crippen molar-refractivity contribution in [2.45, 2.75) is 38.5 Å². The van der Waals surface area contributed by atoms with Crippen LogP contribution in [0.4, 0.5) is 11.4 Å². The molecule has 0 fully saturated rings. The molecule has 0 aliphatic carbocycles. The van der Waals surface area contributed by atoms with Crippen molar-refractivity contribution in [3.05, 3.63) is 66.4 Å². The molecule has 0 aliphatic rings. The fourth-order valence-corrected chi connectivity index (χ4v) is 3.12. The number of para-hydroxylation sites is 3.